The van der Waals surface area contributed by atoms with E-state index in [1.54, 1.807) is 0 Å². The van der Waals surface area contributed by atoms with Crippen molar-refractivity contribution in [1.29, 1.82) is 0 Å². The van der Waals surface area contributed by atoms with Gasteiger partial charge in [-0.25, -0.2) is 0 Å². The van der Waals surface area contributed by atoms with Crippen LogP contribution in [0.3, 0.4) is 0 Å². The molecular weight excluding hydrogens is 236 g/mol. The molecule has 1 aromatic rings. The summed E-state index contributed by atoms with van der Waals surface area (Å²) < 4.78 is 5.67. The van der Waals surface area contributed by atoms with Crippen LogP contribution in [-0.2, 0) is 0 Å². The molecule has 90 valence electrons. The smallest absolute Gasteiger partial charge is 0.133 e. The summed E-state index contributed by atoms with van der Waals surface area (Å²) >= 11 is 8.99. The van der Waals surface area contributed by atoms with Gasteiger partial charge in [-0.1, -0.05) is 33.3 Å². The first-order valence-electron chi connectivity index (χ1n) is 5.75. The van der Waals surface area contributed by atoms with Gasteiger partial charge in [0.15, 0.2) is 0 Å². The highest BCUT2D eigenvalue weighted by Crippen LogP contribution is 2.35. The molecular formula is C13H20OS2. The lowest BCUT2D eigenvalue weighted by Crippen LogP contribution is -1.99. The molecule has 0 N–H and O–H groups in total. The summed E-state index contributed by atoms with van der Waals surface area (Å²) in [5.41, 5.74) is 1.22. The van der Waals surface area contributed by atoms with Crippen molar-refractivity contribution in [2.75, 3.05) is 6.61 Å². The zero-order valence-electron chi connectivity index (χ0n) is 10.2. The highest BCUT2D eigenvalue weighted by Gasteiger charge is 2.11. The van der Waals surface area contributed by atoms with Gasteiger partial charge in [0.05, 0.1) is 11.5 Å². The van der Waals surface area contributed by atoms with E-state index < -0.39 is 0 Å². The van der Waals surface area contributed by atoms with Crippen LogP contribution in [0.15, 0.2) is 21.9 Å². The van der Waals surface area contributed by atoms with Gasteiger partial charge in [-0.2, -0.15) is 0 Å². The van der Waals surface area contributed by atoms with E-state index in [1.807, 2.05) is 6.07 Å². The van der Waals surface area contributed by atoms with Crippen LogP contribution >= 0.6 is 25.3 Å². The summed E-state index contributed by atoms with van der Waals surface area (Å²) in [6, 6.07) is 4.07. The normalized spacial score (nSPS) is 10.9. The minimum absolute atomic E-state index is 0.461. The molecule has 0 bridgehead atoms. The Morgan fingerprint density at radius 2 is 1.88 bits per heavy atom. The standard InChI is InChI=1S/C13H20OS2/c1-4-5-8-14-11-7-6-10(9(2)3)12(15)13(11)16/h6-7,9,15-16H,4-5,8H2,1-3H3. The highest BCUT2D eigenvalue weighted by atomic mass is 32.1. The van der Waals surface area contributed by atoms with Gasteiger partial charge in [0.25, 0.3) is 0 Å². The molecule has 0 saturated carbocycles. The third kappa shape index (κ3) is 3.36. The molecule has 0 fully saturated rings. The maximum Gasteiger partial charge on any atom is 0.133 e. The minimum atomic E-state index is 0.461. The van der Waals surface area contributed by atoms with Crippen LogP contribution in [0.2, 0.25) is 0 Å². The van der Waals surface area contributed by atoms with E-state index in [0.717, 1.165) is 35.0 Å². The highest BCUT2D eigenvalue weighted by molar-refractivity contribution is 7.83. The first kappa shape index (κ1) is 13.8. The van der Waals surface area contributed by atoms with E-state index in [1.165, 1.54) is 5.56 Å². The van der Waals surface area contributed by atoms with Gasteiger partial charge in [-0.3, -0.25) is 0 Å². The number of hydrogen-bond acceptors (Lipinski definition) is 3. The monoisotopic (exact) mass is 256 g/mol. The van der Waals surface area contributed by atoms with Crippen molar-refractivity contribution in [2.45, 2.75) is 49.3 Å². The molecule has 0 radical (unpaired) electrons. The van der Waals surface area contributed by atoms with Gasteiger partial charge in [0, 0.05) is 4.90 Å². The fourth-order valence-electron chi connectivity index (χ4n) is 1.49. The van der Waals surface area contributed by atoms with Gasteiger partial charge in [-0.05, 0) is 24.0 Å². The molecule has 0 heterocycles. The number of benzene rings is 1. The zero-order chi connectivity index (χ0) is 12.1. The van der Waals surface area contributed by atoms with Gasteiger partial charge in [0.1, 0.15) is 5.75 Å². The topological polar surface area (TPSA) is 9.23 Å². The molecule has 16 heavy (non-hydrogen) atoms. The minimum Gasteiger partial charge on any atom is -0.492 e. The fraction of sp³-hybridized carbons (Fsp3) is 0.538. The third-order valence-electron chi connectivity index (χ3n) is 2.52. The Balaban J connectivity index is 2.85. The zero-order valence-corrected chi connectivity index (χ0v) is 11.9. The summed E-state index contributed by atoms with van der Waals surface area (Å²) in [7, 11) is 0. The average Bonchev–Trinajstić information content (AvgIpc) is 2.24. The van der Waals surface area contributed by atoms with E-state index in [-0.39, 0.29) is 0 Å². The van der Waals surface area contributed by atoms with E-state index in [9.17, 15) is 0 Å². The van der Waals surface area contributed by atoms with E-state index in [0.29, 0.717) is 5.92 Å². The van der Waals surface area contributed by atoms with Crippen LogP contribution in [0, 0.1) is 0 Å². The van der Waals surface area contributed by atoms with Crippen LogP contribution in [0.1, 0.15) is 45.1 Å². The van der Waals surface area contributed by atoms with Crippen molar-refractivity contribution in [3.05, 3.63) is 17.7 Å². The predicted octanol–water partition coefficient (Wildman–Crippen LogP) is 4.57. The summed E-state index contributed by atoms with van der Waals surface area (Å²) in [6.45, 7) is 7.20. The van der Waals surface area contributed by atoms with Gasteiger partial charge in [0.2, 0.25) is 0 Å². The number of rotatable bonds is 5. The Kier molecular flexibility index (Phi) is 5.56. The Morgan fingerprint density at radius 3 is 2.44 bits per heavy atom. The van der Waals surface area contributed by atoms with Crippen LogP contribution < -0.4 is 4.74 Å². The first-order valence-corrected chi connectivity index (χ1v) is 6.65. The van der Waals surface area contributed by atoms with Crippen molar-refractivity contribution < 1.29 is 4.74 Å². The number of thiol groups is 2. The number of hydrogen-bond donors (Lipinski definition) is 2. The number of ether oxygens (including phenoxy) is 1. The van der Waals surface area contributed by atoms with Crippen molar-refractivity contribution in [2.24, 2.45) is 0 Å². The molecule has 0 aromatic heterocycles. The molecule has 0 amide bonds. The van der Waals surface area contributed by atoms with Gasteiger partial charge < -0.3 is 4.74 Å². The molecule has 0 aliphatic rings. The molecule has 0 unspecified atom stereocenters. The van der Waals surface area contributed by atoms with Crippen molar-refractivity contribution >= 4 is 25.3 Å². The molecule has 0 aliphatic carbocycles. The Bertz CT molecular complexity index is 348. The van der Waals surface area contributed by atoms with Gasteiger partial charge >= 0.3 is 0 Å². The van der Waals surface area contributed by atoms with E-state index in [2.05, 4.69) is 52.1 Å². The molecule has 0 saturated heterocycles. The maximum atomic E-state index is 5.67. The average molecular weight is 256 g/mol. The maximum absolute atomic E-state index is 5.67. The lowest BCUT2D eigenvalue weighted by Gasteiger charge is -2.15. The van der Waals surface area contributed by atoms with Crippen molar-refractivity contribution in [3.63, 3.8) is 0 Å². The summed E-state index contributed by atoms with van der Waals surface area (Å²) in [5, 5.41) is 0. The Labute approximate surface area is 109 Å². The second-order valence-electron chi connectivity index (χ2n) is 4.21. The first-order chi connectivity index (χ1) is 7.57. The molecule has 0 spiro atoms. The summed E-state index contributed by atoms with van der Waals surface area (Å²) in [5.74, 6) is 1.30. The van der Waals surface area contributed by atoms with Gasteiger partial charge in [-0.15, -0.1) is 25.3 Å². The van der Waals surface area contributed by atoms with E-state index >= 15 is 0 Å². The molecule has 0 aliphatic heterocycles. The molecule has 3 heteroatoms. The third-order valence-corrected chi connectivity index (χ3v) is 3.63. The summed E-state index contributed by atoms with van der Waals surface area (Å²) in [6.07, 6.45) is 2.21. The number of unbranched alkanes of at least 4 members (excludes halogenated alkanes) is 1. The Hall–Kier alpha value is -0.280. The quantitative estimate of drug-likeness (QED) is 0.580. The lowest BCUT2D eigenvalue weighted by atomic mass is 10.0. The lowest BCUT2D eigenvalue weighted by molar-refractivity contribution is 0.301. The Morgan fingerprint density at radius 1 is 1.19 bits per heavy atom. The van der Waals surface area contributed by atoms with Crippen molar-refractivity contribution in [1.82, 2.24) is 0 Å². The van der Waals surface area contributed by atoms with E-state index in [4.69, 9.17) is 4.74 Å². The second kappa shape index (κ2) is 6.45. The van der Waals surface area contributed by atoms with Crippen LogP contribution in [-0.4, -0.2) is 6.61 Å². The molecule has 1 aromatic carbocycles. The van der Waals surface area contributed by atoms with Crippen LogP contribution in [0.5, 0.6) is 5.75 Å². The molecule has 1 rings (SSSR count). The molecule has 0 atom stereocenters. The van der Waals surface area contributed by atoms with Crippen LogP contribution in [0.25, 0.3) is 0 Å². The van der Waals surface area contributed by atoms with Crippen molar-refractivity contribution in [3.8, 4) is 5.75 Å². The predicted molar refractivity (Wildman–Crippen MR) is 75.4 cm³/mol. The fourth-order valence-corrected chi connectivity index (χ4v) is 2.20. The summed E-state index contributed by atoms with van der Waals surface area (Å²) in [4.78, 5) is 1.79. The molecule has 1 nitrogen and oxygen atoms in total. The van der Waals surface area contributed by atoms with Crippen LogP contribution in [0.4, 0.5) is 0 Å². The SMILES string of the molecule is CCCCOc1ccc(C(C)C)c(S)c1S. The largest absolute Gasteiger partial charge is 0.492 e. The second-order valence-corrected chi connectivity index (χ2v) is 5.10.